The van der Waals surface area contributed by atoms with Gasteiger partial charge in [0.15, 0.2) is 11.7 Å². The number of para-hydroxylation sites is 1. The fourth-order valence-corrected chi connectivity index (χ4v) is 5.52. The molecule has 0 saturated carbocycles. The van der Waals surface area contributed by atoms with E-state index in [9.17, 15) is 4.79 Å². The van der Waals surface area contributed by atoms with E-state index in [2.05, 4.69) is 4.90 Å². The SMILES string of the molecule is CSc1cccc2sc(N(CCN3CCOCC3)C(=O)COc3ccc(Cl)cc3Cl)nc12. The van der Waals surface area contributed by atoms with Gasteiger partial charge in [0.05, 0.1) is 28.5 Å². The predicted molar refractivity (Wildman–Crippen MR) is 133 cm³/mol. The van der Waals surface area contributed by atoms with Crippen LogP contribution < -0.4 is 9.64 Å². The number of morpholine rings is 1. The number of halogens is 2. The second-order valence-electron chi connectivity index (χ2n) is 7.17. The Morgan fingerprint density at radius 1 is 1.28 bits per heavy atom. The van der Waals surface area contributed by atoms with Gasteiger partial charge in [0, 0.05) is 36.1 Å². The standard InChI is InChI=1S/C22H23Cl2N3O3S2/c1-31-18-3-2-4-19-21(18)25-22(32-19)27(8-7-26-9-11-29-12-10-26)20(28)14-30-17-6-5-15(23)13-16(17)24/h2-6,13H,7-12,14H2,1H3. The highest BCUT2D eigenvalue weighted by molar-refractivity contribution is 7.98. The van der Waals surface area contributed by atoms with E-state index in [1.165, 1.54) is 11.3 Å². The van der Waals surface area contributed by atoms with Crippen LogP contribution in [0.15, 0.2) is 41.3 Å². The lowest BCUT2D eigenvalue weighted by Gasteiger charge is -2.29. The van der Waals surface area contributed by atoms with Gasteiger partial charge in [-0.25, -0.2) is 4.98 Å². The molecule has 1 aromatic heterocycles. The first-order valence-electron chi connectivity index (χ1n) is 10.2. The third kappa shape index (κ3) is 5.68. The van der Waals surface area contributed by atoms with Crippen molar-refractivity contribution in [1.82, 2.24) is 9.88 Å². The molecule has 2 aromatic carbocycles. The molecule has 0 atom stereocenters. The third-order valence-electron chi connectivity index (χ3n) is 5.11. The second-order valence-corrected chi connectivity index (χ2v) is 9.87. The van der Waals surface area contributed by atoms with Crippen LogP contribution in [0.3, 0.4) is 0 Å². The quantitative estimate of drug-likeness (QED) is 0.393. The summed E-state index contributed by atoms with van der Waals surface area (Å²) in [6.07, 6.45) is 2.03. The van der Waals surface area contributed by atoms with E-state index in [-0.39, 0.29) is 12.5 Å². The molecule has 10 heteroatoms. The van der Waals surface area contributed by atoms with E-state index >= 15 is 0 Å². The first-order chi connectivity index (χ1) is 15.5. The van der Waals surface area contributed by atoms with Crippen molar-refractivity contribution in [2.45, 2.75) is 4.90 Å². The molecule has 32 heavy (non-hydrogen) atoms. The Hall–Kier alpha value is -1.55. The number of benzene rings is 2. The molecule has 0 N–H and O–H groups in total. The average molecular weight is 512 g/mol. The van der Waals surface area contributed by atoms with E-state index in [1.54, 1.807) is 34.9 Å². The van der Waals surface area contributed by atoms with Crippen LogP contribution in [0.5, 0.6) is 5.75 Å². The Kier molecular flexibility index (Phi) is 8.15. The Morgan fingerprint density at radius 2 is 2.09 bits per heavy atom. The summed E-state index contributed by atoms with van der Waals surface area (Å²) in [5, 5.41) is 1.56. The minimum absolute atomic E-state index is 0.143. The maximum Gasteiger partial charge on any atom is 0.266 e. The van der Waals surface area contributed by atoms with Crippen molar-refractivity contribution in [1.29, 1.82) is 0 Å². The maximum absolute atomic E-state index is 13.2. The number of carbonyl (C=O) groups is 1. The highest BCUT2D eigenvalue weighted by Crippen LogP contribution is 2.34. The van der Waals surface area contributed by atoms with E-state index in [0.717, 1.165) is 34.7 Å². The lowest BCUT2D eigenvalue weighted by molar-refractivity contribution is -0.120. The van der Waals surface area contributed by atoms with Crippen molar-refractivity contribution in [2.24, 2.45) is 0 Å². The van der Waals surface area contributed by atoms with Crippen LogP contribution >= 0.6 is 46.3 Å². The number of hydrogen-bond acceptors (Lipinski definition) is 7. The van der Waals surface area contributed by atoms with Crippen molar-refractivity contribution in [3.63, 3.8) is 0 Å². The molecule has 1 aliphatic rings. The number of aromatic nitrogens is 1. The number of ether oxygens (including phenoxy) is 2. The fourth-order valence-electron chi connectivity index (χ4n) is 3.39. The monoisotopic (exact) mass is 511 g/mol. The number of amides is 1. The molecule has 2 heterocycles. The van der Waals surface area contributed by atoms with Gasteiger partial charge in [-0.1, -0.05) is 40.6 Å². The Balaban J connectivity index is 1.54. The van der Waals surface area contributed by atoms with Gasteiger partial charge in [0.2, 0.25) is 0 Å². The summed E-state index contributed by atoms with van der Waals surface area (Å²) >= 11 is 15.3. The molecule has 1 amide bonds. The number of fused-ring (bicyclic) bond motifs is 1. The van der Waals surface area contributed by atoms with Gasteiger partial charge in [0.1, 0.15) is 5.75 Å². The number of nitrogens with zero attached hydrogens (tertiary/aromatic N) is 3. The van der Waals surface area contributed by atoms with Crippen molar-refractivity contribution in [3.8, 4) is 5.75 Å². The molecule has 1 fully saturated rings. The van der Waals surface area contributed by atoms with Gasteiger partial charge in [0.25, 0.3) is 5.91 Å². The summed E-state index contributed by atoms with van der Waals surface area (Å²) < 4.78 is 12.2. The van der Waals surface area contributed by atoms with E-state index in [4.69, 9.17) is 37.7 Å². The average Bonchev–Trinajstić information content (AvgIpc) is 3.23. The first kappa shape index (κ1) is 23.6. The Labute approximate surface area is 205 Å². The molecule has 0 bridgehead atoms. The molecular weight excluding hydrogens is 489 g/mol. The summed E-state index contributed by atoms with van der Waals surface area (Å²) in [7, 11) is 0. The zero-order chi connectivity index (χ0) is 22.5. The lowest BCUT2D eigenvalue weighted by atomic mass is 10.3. The van der Waals surface area contributed by atoms with Crippen LogP contribution in [0.2, 0.25) is 10.0 Å². The van der Waals surface area contributed by atoms with E-state index < -0.39 is 0 Å². The molecular formula is C22H23Cl2N3O3S2. The summed E-state index contributed by atoms with van der Waals surface area (Å²) in [5.41, 5.74) is 0.922. The van der Waals surface area contributed by atoms with Crippen LogP contribution in [0.4, 0.5) is 5.13 Å². The van der Waals surface area contributed by atoms with Gasteiger partial charge in [-0.05, 0) is 36.6 Å². The number of thioether (sulfide) groups is 1. The van der Waals surface area contributed by atoms with Gasteiger partial charge in [-0.3, -0.25) is 14.6 Å². The molecule has 0 spiro atoms. The number of rotatable bonds is 8. The van der Waals surface area contributed by atoms with Crippen LogP contribution in [0, 0.1) is 0 Å². The molecule has 0 aliphatic carbocycles. The van der Waals surface area contributed by atoms with E-state index in [0.29, 0.717) is 40.7 Å². The minimum atomic E-state index is -0.172. The number of hydrogen-bond donors (Lipinski definition) is 0. The number of thiazole rings is 1. The van der Waals surface area contributed by atoms with Crippen molar-refractivity contribution < 1.29 is 14.3 Å². The zero-order valence-electron chi connectivity index (χ0n) is 17.6. The van der Waals surface area contributed by atoms with Crippen molar-refractivity contribution in [2.75, 3.05) is 57.2 Å². The Morgan fingerprint density at radius 3 is 2.84 bits per heavy atom. The summed E-state index contributed by atoms with van der Waals surface area (Å²) in [4.78, 5) is 23.2. The van der Waals surface area contributed by atoms with E-state index in [1.807, 2.05) is 24.5 Å². The minimum Gasteiger partial charge on any atom is -0.482 e. The lowest BCUT2D eigenvalue weighted by Crippen LogP contribution is -2.44. The van der Waals surface area contributed by atoms with Gasteiger partial charge < -0.3 is 9.47 Å². The van der Waals surface area contributed by atoms with Crippen LogP contribution in [-0.2, 0) is 9.53 Å². The molecule has 1 aliphatic heterocycles. The maximum atomic E-state index is 13.2. The molecule has 3 aromatic rings. The summed E-state index contributed by atoms with van der Waals surface area (Å²) in [6, 6.07) is 11.0. The molecule has 0 unspecified atom stereocenters. The van der Waals surface area contributed by atoms with Gasteiger partial charge >= 0.3 is 0 Å². The largest absolute Gasteiger partial charge is 0.482 e. The van der Waals surface area contributed by atoms with Crippen LogP contribution in [0.25, 0.3) is 10.2 Å². The topological polar surface area (TPSA) is 54.9 Å². The van der Waals surface area contributed by atoms with Gasteiger partial charge in [-0.15, -0.1) is 11.8 Å². The van der Waals surface area contributed by atoms with Crippen LogP contribution in [0.1, 0.15) is 0 Å². The zero-order valence-corrected chi connectivity index (χ0v) is 20.7. The highest BCUT2D eigenvalue weighted by Gasteiger charge is 2.23. The first-order valence-corrected chi connectivity index (χ1v) is 13.0. The molecule has 170 valence electrons. The van der Waals surface area contributed by atoms with Crippen LogP contribution in [-0.4, -0.2) is 68.0 Å². The highest BCUT2D eigenvalue weighted by atomic mass is 35.5. The normalized spacial score (nSPS) is 14.6. The second kappa shape index (κ2) is 11.0. The summed E-state index contributed by atoms with van der Waals surface area (Å²) in [5.74, 6) is 0.251. The van der Waals surface area contributed by atoms with Crippen molar-refractivity contribution >= 4 is 67.6 Å². The molecule has 4 rings (SSSR count). The number of anilines is 1. The molecule has 1 saturated heterocycles. The molecule has 6 nitrogen and oxygen atoms in total. The van der Waals surface area contributed by atoms with Crippen molar-refractivity contribution in [3.05, 3.63) is 46.4 Å². The summed E-state index contributed by atoms with van der Waals surface area (Å²) in [6.45, 7) is 4.25. The van der Waals surface area contributed by atoms with Gasteiger partial charge in [-0.2, -0.15) is 0 Å². The smallest absolute Gasteiger partial charge is 0.266 e. The Bertz CT molecular complexity index is 1090. The predicted octanol–water partition coefficient (Wildman–Crippen LogP) is 5.07. The third-order valence-corrected chi connectivity index (χ3v) is 7.45. The molecule has 0 radical (unpaired) electrons. The number of carbonyl (C=O) groups excluding carboxylic acids is 1. The fraction of sp³-hybridized carbons (Fsp3) is 0.364.